The molecule has 2 aromatic carbocycles. The van der Waals surface area contributed by atoms with Crippen molar-refractivity contribution in [1.29, 1.82) is 0 Å². The SMILES string of the molecule is CCOc1ccn(-c2ccc(F)c(OCCC(P(=O)(O)O)P(=O)(O)O)c2)c(=O)c1C(=O)Nc1ccc(Oc2ccnc(N)c2Cl)c(F)c1. The molecule has 0 aliphatic carbocycles. The quantitative estimate of drug-likeness (QED) is 0.103. The van der Waals surface area contributed by atoms with Crippen LogP contribution in [-0.2, 0) is 9.13 Å². The topological polar surface area (TPSA) is 233 Å². The Bertz CT molecular complexity index is 1980. The molecule has 2 heterocycles. The maximum Gasteiger partial charge on any atom is 0.340 e. The van der Waals surface area contributed by atoms with Crippen molar-refractivity contribution >= 4 is 44.2 Å². The molecule has 0 atom stereocenters. The van der Waals surface area contributed by atoms with E-state index in [9.17, 15) is 47.1 Å². The number of halogens is 3. The van der Waals surface area contributed by atoms with E-state index in [1.165, 1.54) is 36.7 Å². The Morgan fingerprint density at radius 1 is 0.979 bits per heavy atom. The summed E-state index contributed by atoms with van der Waals surface area (Å²) >= 11 is 6.04. The molecule has 0 aliphatic rings. The van der Waals surface area contributed by atoms with E-state index in [1.54, 1.807) is 6.92 Å². The van der Waals surface area contributed by atoms with Crippen LogP contribution in [-0.4, -0.2) is 53.6 Å². The van der Waals surface area contributed by atoms with Gasteiger partial charge in [0.1, 0.15) is 22.2 Å². The second-order valence-electron chi connectivity index (χ2n) is 9.78. The van der Waals surface area contributed by atoms with Crippen LogP contribution in [0.15, 0.2) is 65.7 Å². The summed E-state index contributed by atoms with van der Waals surface area (Å²) < 4.78 is 69.6. The molecule has 48 heavy (non-hydrogen) atoms. The van der Waals surface area contributed by atoms with Crippen LogP contribution in [0, 0.1) is 11.6 Å². The average Bonchev–Trinajstić information content (AvgIpc) is 2.99. The van der Waals surface area contributed by atoms with Crippen LogP contribution in [0.4, 0.5) is 20.3 Å². The predicted molar refractivity (Wildman–Crippen MR) is 169 cm³/mol. The molecule has 0 unspecified atom stereocenters. The Hall–Kier alpha value is -4.34. The summed E-state index contributed by atoms with van der Waals surface area (Å²) in [7, 11) is -10.5. The number of pyridine rings is 2. The third-order valence-electron chi connectivity index (χ3n) is 6.47. The third-order valence-corrected chi connectivity index (χ3v) is 10.7. The molecule has 256 valence electrons. The van der Waals surface area contributed by atoms with E-state index >= 15 is 0 Å². The summed E-state index contributed by atoms with van der Waals surface area (Å²) in [5.74, 6) is -3.77. The average molecular weight is 731 g/mol. The maximum atomic E-state index is 14.9. The summed E-state index contributed by atoms with van der Waals surface area (Å²) in [5.41, 5.74) is 4.10. The number of benzene rings is 2. The van der Waals surface area contributed by atoms with Crippen LogP contribution in [0.3, 0.4) is 0 Å². The van der Waals surface area contributed by atoms with Gasteiger partial charge in [0.25, 0.3) is 11.5 Å². The van der Waals surface area contributed by atoms with Crippen molar-refractivity contribution in [3.05, 3.63) is 93.5 Å². The van der Waals surface area contributed by atoms with Crippen LogP contribution in [0.5, 0.6) is 23.0 Å². The van der Waals surface area contributed by atoms with E-state index in [0.29, 0.717) is 0 Å². The van der Waals surface area contributed by atoms with Crippen molar-refractivity contribution < 1.29 is 56.5 Å². The van der Waals surface area contributed by atoms with Crippen LogP contribution >= 0.6 is 26.8 Å². The fourth-order valence-corrected chi connectivity index (χ4v) is 6.86. The van der Waals surface area contributed by atoms with E-state index in [1.807, 2.05) is 0 Å². The molecule has 0 fully saturated rings. The Kier molecular flexibility index (Phi) is 11.3. The number of amides is 1. The molecule has 4 aromatic rings. The Morgan fingerprint density at radius 2 is 1.69 bits per heavy atom. The van der Waals surface area contributed by atoms with Gasteiger partial charge in [-0.25, -0.2) is 13.8 Å². The molecule has 7 N–H and O–H groups in total. The van der Waals surface area contributed by atoms with Crippen molar-refractivity contribution in [2.75, 3.05) is 24.3 Å². The predicted octanol–water partition coefficient (Wildman–Crippen LogP) is 4.64. The van der Waals surface area contributed by atoms with Gasteiger partial charge in [-0.05, 0) is 37.3 Å². The number of carbonyl (C=O) groups excluding carboxylic acids is 1. The normalized spacial score (nSPS) is 11.8. The van der Waals surface area contributed by atoms with E-state index < -0.39 is 68.0 Å². The fourth-order valence-electron chi connectivity index (χ4n) is 4.26. The van der Waals surface area contributed by atoms with Crippen LogP contribution in [0.1, 0.15) is 23.7 Å². The summed E-state index contributed by atoms with van der Waals surface area (Å²) in [4.78, 5) is 67.9. The number of hydrogen-bond acceptors (Lipinski definition) is 9. The van der Waals surface area contributed by atoms with E-state index in [4.69, 9.17) is 31.5 Å². The van der Waals surface area contributed by atoms with Crippen molar-refractivity contribution in [2.24, 2.45) is 0 Å². The summed E-state index contributed by atoms with van der Waals surface area (Å²) in [6.07, 6.45) is 1.71. The van der Waals surface area contributed by atoms with Gasteiger partial charge in [0, 0.05) is 42.7 Å². The van der Waals surface area contributed by atoms with Crippen molar-refractivity contribution in [3.8, 4) is 28.7 Å². The highest BCUT2D eigenvalue weighted by molar-refractivity contribution is 7.70. The molecular weight excluding hydrogens is 704 g/mol. The Labute approximate surface area is 275 Å². The lowest BCUT2D eigenvalue weighted by Gasteiger charge is -2.19. The monoisotopic (exact) mass is 730 g/mol. The van der Waals surface area contributed by atoms with Gasteiger partial charge in [0.15, 0.2) is 34.3 Å². The van der Waals surface area contributed by atoms with Gasteiger partial charge in [-0.1, -0.05) is 11.6 Å². The molecule has 20 heteroatoms. The van der Waals surface area contributed by atoms with E-state index in [2.05, 4.69) is 10.3 Å². The number of nitrogens with zero attached hydrogens (tertiary/aromatic N) is 2. The molecule has 0 spiro atoms. The minimum Gasteiger partial charge on any atom is -0.493 e. The molecule has 1 amide bonds. The highest BCUT2D eigenvalue weighted by atomic mass is 35.5. The number of anilines is 2. The highest BCUT2D eigenvalue weighted by Gasteiger charge is 2.43. The lowest BCUT2D eigenvalue weighted by atomic mass is 10.2. The number of carbonyl (C=O) groups is 1. The molecule has 0 aliphatic heterocycles. The van der Waals surface area contributed by atoms with E-state index in [-0.39, 0.29) is 46.1 Å². The van der Waals surface area contributed by atoms with Crippen molar-refractivity contribution in [3.63, 3.8) is 0 Å². The molecule has 0 radical (unpaired) electrons. The van der Waals surface area contributed by atoms with Crippen LogP contribution in [0.2, 0.25) is 5.02 Å². The van der Waals surface area contributed by atoms with Gasteiger partial charge in [-0.15, -0.1) is 0 Å². The largest absolute Gasteiger partial charge is 0.493 e. The number of aromatic nitrogens is 2. The number of nitrogen functional groups attached to an aromatic ring is 1. The van der Waals surface area contributed by atoms with Crippen LogP contribution < -0.4 is 30.8 Å². The van der Waals surface area contributed by atoms with Crippen molar-refractivity contribution in [2.45, 2.75) is 18.7 Å². The zero-order valence-electron chi connectivity index (χ0n) is 24.6. The minimum absolute atomic E-state index is 0.0296. The molecule has 0 bridgehead atoms. The number of ether oxygens (including phenoxy) is 3. The van der Waals surface area contributed by atoms with Gasteiger partial charge in [0.2, 0.25) is 0 Å². The molecular formula is C28H27ClF2N4O11P2. The molecule has 4 rings (SSSR count). The zero-order valence-corrected chi connectivity index (χ0v) is 27.2. The van der Waals surface area contributed by atoms with Gasteiger partial charge >= 0.3 is 15.2 Å². The number of nitrogens with one attached hydrogen (secondary N) is 1. The van der Waals surface area contributed by atoms with E-state index in [0.717, 1.165) is 28.8 Å². The van der Waals surface area contributed by atoms with Crippen molar-refractivity contribution in [1.82, 2.24) is 9.55 Å². The molecule has 0 saturated heterocycles. The standard InChI is InChI=1S/C28H27ClF2N4O11P2/c1-2-44-20-8-11-35(16-4-5-17(30)22(14-16)45-12-9-23(47(38,39)40)48(41,42)43)28(37)24(20)27(36)34-15-3-6-19(18(31)13-15)46-21-7-10-33-26(32)25(21)29/h3-8,10-11,13-14,23H,2,9,12H2,1H3,(H2,32,33)(H,34,36)(H2,38,39,40)(H2,41,42,43). The first-order valence-electron chi connectivity index (χ1n) is 13.6. The smallest absolute Gasteiger partial charge is 0.340 e. The minimum atomic E-state index is -5.24. The number of hydrogen-bond donors (Lipinski definition) is 6. The number of nitrogens with two attached hydrogens (primary N) is 1. The highest BCUT2D eigenvalue weighted by Crippen LogP contribution is 2.61. The number of rotatable bonds is 13. The summed E-state index contributed by atoms with van der Waals surface area (Å²) in [5, 5.41) is 0.00768. The lowest BCUT2D eigenvalue weighted by molar-refractivity contribution is 0.102. The third kappa shape index (κ3) is 8.57. The second kappa shape index (κ2) is 14.8. The zero-order chi connectivity index (χ0) is 35.4. The first-order valence-corrected chi connectivity index (χ1v) is 17.4. The van der Waals surface area contributed by atoms with Gasteiger partial charge < -0.3 is 44.8 Å². The summed E-state index contributed by atoms with van der Waals surface area (Å²) in [6.45, 7) is 0.958. The Balaban J connectivity index is 1.59. The molecule has 0 saturated carbocycles. The molecule has 2 aromatic heterocycles. The second-order valence-corrected chi connectivity index (χ2v) is 14.2. The van der Waals surface area contributed by atoms with Gasteiger partial charge in [-0.3, -0.25) is 23.3 Å². The van der Waals surface area contributed by atoms with Gasteiger partial charge in [0.05, 0.1) is 18.9 Å². The van der Waals surface area contributed by atoms with Crippen LogP contribution in [0.25, 0.3) is 5.69 Å². The fraction of sp³-hybridized carbons (Fsp3) is 0.179. The van der Waals surface area contributed by atoms with Gasteiger partial charge in [-0.2, -0.15) is 0 Å². The first kappa shape index (κ1) is 36.5. The maximum absolute atomic E-state index is 14.9. The summed E-state index contributed by atoms with van der Waals surface area (Å²) in [6, 6.07) is 9.17. The lowest BCUT2D eigenvalue weighted by Crippen LogP contribution is -2.29. The molecule has 15 nitrogen and oxygen atoms in total. The Morgan fingerprint density at radius 3 is 2.33 bits per heavy atom. The first-order chi connectivity index (χ1) is 22.5.